The molecule has 6 rings (SSSR count). The predicted molar refractivity (Wildman–Crippen MR) is 155 cm³/mol. The summed E-state index contributed by atoms with van der Waals surface area (Å²) in [5.41, 5.74) is 1.38. The Morgan fingerprint density at radius 1 is 1.12 bits per heavy atom. The lowest BCUT2D eigenvalue weighted by atomic mass is 9.95. The molecule has 1 amide bonds. The number of thioether (sulfide) groups is 1. The van der Waals surface area contributed by atoms with Crippen molar-refractivity contribution in [2.24, 2.45) is 0 Å². The Labute approximate surface area is 246 Å². The van der Waals surface area contributed by atoms with Crippen LogP contribution in [0, 0.1) is 5.21 Å². The fourth-order valence-electron chi connectivity index (χ4n) is 4.71. The van der Waals surface area contributed by atoms with E-state index in [0.29, 0.717) is 26.8 Å². The number of hydrogen-bond acceptors (Lipinski definition) is 11. The fourth-order valence-corrected chi connectivity index (χ4v) is 6.53. The zero-order valence-electron chi connectivity index (χ0n) is 21.9. The number of Topliss-reactive ketones (excluding diaryl/α,β-unsaturated/α-hetero) is 1. The first kappa shape index (κ1) is 27.6. The third-order valence-corrected chi connectivity index (χ3v) is 8.79. The van der Waals surface area contributed by atoms with Crippen LogP contribution in [0.3, 0.4) is 0 Å². The van der Waals surface area contributed by atoms with Crippen LogP contribution in [0.5, 0.6) is 5.75 Å². The first-order valence-corrected chi connectivity index (χ1v) is 14.4. The quantitative estimate of drug-likeness (QED) is 0.0930. The molecule has 42 heavy (non-hydrogen) atoms. The largest absolute Gasteiger partial charge is 0.595 e. The molecule has 212 valence electrons. The Kier molecular flexibility index (Phi) is 7.49. The van der Waals surface area contributed by atoms with Crippen LogP contribution in [0.4, 0.5) is 10.8 Å². The van der Waals surface area contributed by atoms with E-state index in [1.54, 1.807) is 24.3 Å². The van der Waals surface area contributed by atoms with E-state index in [2.05, 4.69) is 10.2 Å². The smallest absolute Gasteiger partial charge is 0.296 e. The highest BCUT2D eigenvalue weighted by Gasteiger charge is 2.47. The molecule has 3 heterocycles. The molecule has 2 atom stereocenters. The number of para-hydroxylation sites is 1. The van der Waals surface area contributed by atoms with Crippen LogP contribution in [0.1, 0.15) is 27.7 Å². The minimum Gasteiger partial charge on any atom is -0.595 e. The predicted octanol–water partition coefficient (Wildman–Crippen LogP) is 4.77. The van der Waals surface area contributed by atoms with Gasteiger partial charge in [-0.05, 0) is 23.3 Å². The zero-order chi connectivity index (χ0) is 29.4. The number of carbonyl (C=O) groups is 2. The number of anilines is 1. The number of aliphatic hydroxyl groups excluding tert-OH is 1. The number of fused-ring (bicyclic) bond motifs is 1. The number of ketones is 1. The minimum atomic E-state index is -1.20. The second-order valence-electron chi connectivity index (χ2n) is 9.21. The highest BCUT2D eigenvalue weighted by molar-refractivity contribution is 8.00. The molecule has 5 aromatic rings. The summed E-state index contributed by atoms with van der Waals surface area (Å²) in [6.07, 6.45) is 0. The first-order valence-electron chi connectivity index (χ1n) is 12.6. The van der Waals surface area contributed by atoms with Crippen LogP contribution < -0.4 is 14.9 Å². The van der Waals surface area contributed by atoms with Gasteiger partial charge in [0.15, 0.2) is 32.9 Å². The Hall–Kier alpha value is -4.53. The van der Waals surface area contributed by atoms with E-state index in [-0.39, 0.29) is 27.7 Å². The van der Waals surface area contributed by atoms with Crippen LogP contribution in [-0.2, 0) is 10.5 Å². The van der Waals surface area contributed by atoms with Gasteiger partial charge < -0.3 is 19.5 Å². The highest BCUT2D eigenvalue weighted by Crippen LogP contribution is 2.44. The van der Waals surface area contributed by atoms with Crippen molar-refractivity contribution in [2.75, 3.05) is 12.0 Å². The maximum absolute atomic E-state index is 13.9. The Morgan fingerprint density at radius 3 is 2.67 bits per heavy atom. The van der Waals surface area contributed by atoms with Crippen molar-refractivity contribution < 1.29 is 34.3 Å². The van der Waals surface area contributed by atoms with E-state index in [0.717, 1.165) is 21.8 Å². The second-order valence-corrected chi connectivity index (χ2v) is 11.4. The van der Waals surface area contributed by atoms with Crippen molar-refractivity contribution >= 4 is 56.6 Å². The average Bonchev–Trinajstić information content (AvgIpc) is 3.72. The van der Waals surface area contributed by atoms with Crippen LogP contribution in [0.15, 0.2) is 99.0 Å². The normalized spacial score (nSPS) is 15.9. The topological polar surface area (TPSA) is 153 Å². The van der Waals surface area contributed by atoms with Gasteiger partial charge in [-0.1, -0.05) is 77.7 Å². The molecular formula is C29H22N4O7S2. The molecule has 11 nitrogen and oxygen atoms in total. The molecule has 0 spiro atoms. The standard InChI is InChI=1S/C29H22N4O7S2/c1-39-20-12-6-10-18-14-21(40-26(18)20)24(34)22-23(17-9-5-11-19(13-17)33(37)38)32(27(36)25(22)35)28-30-31-29(42-28)41-15-16-7-3-2-4-8-16/h2-14,23,33,35,37H,15H2,1H3. The summed E-state index contributed by atoms with van der Waals surface area (Å²) in [5, 5.41) is 40.5. The summed E-state index contributed by atoms with van der Waals surface area (Å²) in [6, 6.07) is 21.1. The van der Waals surface area contributed by atoms with Gasteiger partial charge >= 0.3 is 0 Å². The Bertz CT molecular complexity index is 1830. The number of benzene rings is 3. The number of methoxy groups -OCH3 is 1. The highest BCUT2D eigenvalue weighted by atomic mass is 32.2. The lowest BCUT2D eigenvalue weighted by Crippen LogP contribution is -2.99. The van der Waals surface area contributed by atoms with Gasteiger partial charge in [-0.15, -0.1) is 10.2 Å². The second kappa shape index (κ2) is 11.4. The molecule has 13 heteroatoms. The van der Waals surface area contributed by atoms with E-state index in [1.165, 1.54) is 43.1 Å². The third kappa shape index (κ3) is 5.04. The lowest BCUT2D eigenvalue weighted by Gasteiger charge is -2.24. The number of quaternary nitrogens is 1. The molecule has 0 radical (unpaired) electrons. The lowest BCUT2D eigenvalue weighted by molar-refractivity contribution is -0.991. The molecule has 0 fully saturated rings. The van der Waals surface area contributed by atoms with Crippen molar-refractivity contribution in [1.29, 1.82) is 0 Å². The van der Waals surface area contributed by atoms with Crippen molar-refractivity contribution in [3.63, 3.8) is 0 Å². The number of carbonyl (C=O) groups excluding carboxylic acids is 2. The Balaban J connectivity index is 1.40. The zero-order valence-corrected chi connectivity index (χ0v) is 23.5. The van der Waals surface area contributed by atoms with E-state index < -0.39 is 28.7 Å². The molecule has 2 unspecified atom stereocenters. The Morgan fingerprint density at radius 2 is 1.90 bits per heavy atom. The molecule has 0 saturated heterocycles. The van der Waals surface area contributed by atoms with Crippen LogP contribution in [0.25, 0.3) is 11.0 Å². The summed E-state index contributed by atoms with van der Waals surface area (Å²) >= 11 is 2.55. The number of aromatic nitrogens is 2. The van der Waals surface area contributed by atoms with Crippen LogP contribution >= 0.6 is 23.1 Å². The molecule has 2 aromatic heterocycles. The monoisotopic (exact) mass is 602 g/mol. The number of nitrogens with zero attached hydrogens (tertiary/aromatic N) is 3. The van der Waals surface area contributed by atoms with Gasteiger partial charge in [-0.25, -0.2) is 5.21 Å². The molecular weight excluding hydrogens is 580 g/mol. The summed E-state index contributed by atoms with van der Waals surface area (Å²) in [7, 11) is 1.47. The number of furan rings is 1. The molecule has 3 N–H and O–H groups in total. The van der Waals surface area contributed by atoms with E-state index in [9.17, 15) is 25.1 Å². The number of hydrogen-bond donors (Lipinski definition) is 3. The maximum atomic E-state index is 13.9. The van der Waals surface area contributed by atoms with Gasteiger partial charge in [-0.2, -0.15) is 5.23 Å². The van der Waals surface area contributed by atoms with Gasteiger partial charge in [-0.3, -0.25) is 14.5 Å². The van der Waals surface area contributed by atoms with Crippen molar-refractivity contribution in [3.8, 4) is 5.75 Å². The average molecular weight is 603 g/mol. The van der Waals surface area contributed by atoms with Gasteiger partial charge in [0.1, 0.15) is 0 Å². The van der Waals surface area contributed by atoms with Gasteiger partial charge in [0.05, 0.1) is 18.7 Å². The van der Waals surface area contributed by atoms with Crippen LogP contribution in [-0.4, -0.2) is 39.3 Å². The van der Waals surface area contributed by atoms with Gasteiger partial charge in [0.25, 0.3) is 5.91 Å². The molecule has 1 aliphatic heterocycles. The SMILES string of the molecule is COc1cccc2cc(C(=O)C3=C(O)C(=O)N(c4nnc(SCc5ccccc5)s4)C3c3cccc([NH+]([O-])O)c3)oc12. The molecule has 0 bridgehead atoms. The number of ether oxygens (including phenoxy) is 1. The number of aliphatic hydroxyl groups is 1. The van der Waals surface area contributed by atoms with Gasteiger partial charge in [0.2, 0.25) is 10.9 Å². The van der Waals surface area contributed by atoms with Crippen molar-refractivity contribution in [1.82, 2.24) is 10.2 Å². The van der Waals surface area contributed by atoms with Crippen molar-refractivity contribution in [2.45, 2.75) is 16.1 Å². The third-order valence-electron chi connectivity index (χ3n) is 6.66. The molecule has 1 aliphatic rings. The number of nitrogens with one attached hydrogen (secondary N) is 1. The first-order chi connectivity index (χ1) is 20.4. The van der Waals surface area contributed by atoms with E-state index in [1.807, 2.05) is 30.3 Å². The van der Waals surface area contributed by atoms with E-state index >= 15 is 0 Å². The summed E-state index contributed by atoms with van der Waals surface area (Å²) in [5.74, 6) is -1.48. The summed E-state index contributed by atoms with van der Waals surface area (Å²) in [6.45, 7) is 0. The van der Waals surface area contributed by atoms with Crippen molar-refractivity contribution in [3.05, 3.63) is 112 Å². The molecule has 0 saturated carbocycles. The van der Waals surface area contributed by atoms with Gasteiger partial charge in [0, 0.05) is 23.3 Å². The number of rotatable bonds is 9. The van der Waals surface area contributed by atoms with Crippen LogP contribution in [0.2, 0.25) is 0 Å². The summed E-state index contributed by atoms with van der Waals surface area (Å²) in [4.78, 5) is 28.6. The summed E-state index contributed by atoms with van der Waals surface area (Å²) < 4.78 is 11.7. The molecule has 3 aromatic carbocycles. The van der Waals surface area contributed by atoms with E-state index in [4.69, 9.17) is 9.15 Å². The fraction of sp³-hybridized carbons (Fsp3) is 0.103. The minimum absolute atomic E-state index is 0.0528. The number of amides is 1. The molecule has 0 aliphatic carbocycles. The maximum Gasteiger partial charge on any atom is 0.296 e.